The smallest absolute Gasteiger partial charge is 0.137 e. The van der Waals surface area contributed by atoms with Gasteiger partial charge in [0.2, 0.25) is 0 Å². The summed E-state index contributed by atoms with van der Waals surface area (Å²) in [5.41, 5.74) is 10.4. The minimum Gasteiger partial charge on any atom is -0.383 e. The van der Waals surface area contributed by atoms with Gasteiger partial charge < -0.3 is 5.73 Å². The van der Waals surface area contributed by atoms with E-state index in [0.717, 1.165) is 27.2 Å². The minimum absolute atomic E-state index is 0.492. The highest BCUT2D eigenvalue weighted by Gasteiger charge is 2.24. The van der Waals surface area contributed by atoms with Gasteiger partial charge in [0.1, 0.15) is 16.6 Å². The molecule has 1 aromatic carbocycles. The van der Waals surface area contributed by atoms with E-state index in [1.165, 1.54) is 16.0 Å². The van der Waals surface area contributed by atoms with Crippen molar-refractivity contribution in [3.63, 3.8) is 0 Å². The highest BCUT2D eigenvalue weighted by Crippen LogP contribution is 2.43. The van der Waals surface area contributed by atoms with Crippen LogP contribution < -0.4 is 5.73 Å². The third-order valence-electron chi connectivity index (χ3n) is 3.54. The quantitative estimate of drug-likeness (QED) is 0.561. The molecular formula is C15H11BrN4S. The maximum Gasteiger partial charge on any atom is 0.137 e. The molecule has 0 radical (unpaired) electrons. The van der Waals surface area contributed by atoms with Crippen molar-refractivity contribution in [3.05, 3.63) is 45.1 Å². The number of fused-ring (bicyclic) bond motifs is 3. The zero-order chi connectivity index (χ0) is 14.6. The molecule has 2 N–H and O–H groups in total. The van der Waals surface area contributed by atoms with Gasteiger partial charge in [0, 0.05) is 27.5 Å². The summed E-state index contributed by atoms with van der Waals surface area (Å²) in [4.78, 5) is 14.5. The van der Waals surface area contributed by atoms with Gasteiger partial charge in [-0.1, -0.05) is 22.0 Å². The van der Waals surface area contributed by atoms with Gasteiger partial charge in [-0.05, 0) is 24.6 Å². The molecule has 4 rings (SSSR count). The van der Waals surface area contributed by atoms with Crippen LogP contribution in [-0.2, 0) is 6.42 Å². The number of nitrogens with two attached hydrogens (primary N) is 1. The fraction of sp³-hybridized carbons (Fsp3) is 0.133. The number of halogens is 1. The van der Waals surface area contributed by atoms with E-state index in [1.807, 2.05) is 6.92 Å². The zero-order valence-corrected chi connectivity index (χ0v) is 13.6. The third kappa shape index (κ3) is 2.06. The number of hydrogen-bond acceptors (Lipinski definition) is 5. The number of nitrogens with zero attached hydrogens (tertiary/aromatic N) is 3. The number of nitrogen functional groups attached to an aromatic ring is 1. The van der Waals surface area contributed by atoms with E-state index in [9.17, 15) is 0 Å². The SMILES string of the molecule is Cc1ncc(-c2nc3c(s2)Cc2cc(Br)ccc2-3)c(N)n1. The molecule has 0 atom stereocenters. The summed E-state index contributed by atoms with van der Waals surface area (Å²) in [5, 5.41) is 0.895. The van der Waals surface area contributed by atoms with E-state index in [-0.39, 0.29) is 0 Å². The average molecular weight is 359 g/mol. The normalized spacial score (nSPS) is 12.3. The first-order valence-corrected chi connectivity index (χ1v) is 8.11. The predicted molar refractivity (Wildman–Crippen MR) is 88.2 cm³/mol. The van der Waals surface area contributed by atoms with Crippen molar-refractivity contribution in [2.24, 2.45) is 0 Å². The van der Waals surface area contributed by atoms with E-state index in [4.69, 9.17) is 10.7 Å². The molecule has 0 bridgehead atoms. The lowest BCUT2D eigenvalue weighted by Crippen LogP contribution is -1.98. The topological polar surface area (TPSA) is 64.7 Å². The van der Waals surface area contributed by atoms with Gasteiger partial charge in [0.05, 0.1) is 11.3 Å². The Balaban J connectivity index is 1.83. The van der Waals surface area contributed by atoms with Crippen LogP contribution in [0.4, 0.5) is 5.82 Å². The highest BCUT2D eigenvalue weighted by molar-refractivity contribution is 9.10. The van der Waals surface area contributed by atoms with E-state index in [1.54, 1.807) is 17.5 Å². The zero-order valence-electron chi connectivity index (χ0n) is 11.2. The second-order valence-corrected chi connectivity index (χ2v) is 6.98. The Morgan fingerprint density at radius 2 is 2.10 bits per heavy atom. The molecule has 0 saturated carbocycles. The van der Waals surface area contributed by atoms with Crippen molar-refractivity contribution in [2.75, 3.05) is 5.73 Å². The lowest BCUT2D eigenvalue weighted by atomic mass is 10.1. The van der Waals surface area contributed by atoms with Crippen LogP contribution in [0.3, 0.4) is 0 Å². The molecule has 4 nitrogen and oxygen atoms in total. The molecule has 6 heteroatoms. The van der Waals surface area contributed by atoms with Crippen LogP contribution in [0.5, 0.6) is 0 Å². The van der Waals surface area contributed by atoms with Gasteiger partial charge >= 0.3 is 0 Å². The van der Waals surface area contributed by atoms with Gasteiger partial charge in [-0.15, -0.1) is 11.3 Å². The Labute approximate surface area is 134 Å². The van der Waals surface area contributed by atoms with E-state index in [2.05, 4.69) is 44.1 Å². The maximum atomic E-state index is 6.00. The van der Waals surface area contributed by atoms with E-state index < -0.39 is 0 Å². The fourth-order valence-corrected chi connectivity index (χ4v) is 4.09. The molecule has 104 valence electrons. The Kier molecular flexibility index (Phi) is 2.83. The molecular weight excluding hydrogens is 348 g/mol. The Morgan fingerprint density at radius 3 is 2.90 bits per heavy atom. The van der Waals surface area contributed by atoms with Gasteiger partial charge in [-0.2, -0.15) is 0 Å². The summed E-state index contributed by atoms with van der Waals surface area (Å²) in [6, 6.07) is 6.33. The summed E-state index contributed by atoms with van der Waals surface area (Å²) < 4.78 is 1.10. The summed E-state index contributed by atoms with van der Waals surface area (Å²) in [7, 11) is 0. The molecule has 0 amide bonds. The van der Waals surface area contributed by atoms with Gasteiger partial charge in [0.25, 0.3) is 0 Å². The van der Waals surface area contributed by atoms with Crippen molar-refractivity contribution in [2.45, 2.75) is 13.3 Å². The van der Waals surface area contributed by atoms with Crippen LogP contribution in [0.15, 0.2) is 28.9 Å². The first kappa shape index (κ1) is 12.9. The van der Waals surface area contributed by atoms with Crippen molar-refractivity contribution in [1.82, 2.24) is 15.0 Å². The monoisotopic (exact) mass is 358 g/mol. The number of aromatic nitrogens is 3. The van der Waals surface area contributed by atoms with Gasteiger partial charge in [0.15, 0.2) is 0 Å². The standard InChI is InChI=1S/C15H11BrN4S/c1-7-18-6-11(14(17)19-7)15-20-13-10-3-2-9(16)4-8(10)5-12(13)21-15/h2-4,6H,5H2,1H3,(H2,17,18,19). The molecule has 3 aromatic rings. The second kappa shape index (κ2) is 4.61. The molecule has 2 heterocycles. The van der Waals surface area contributed by atoms with Crippen LogP contribution in [0.1, 0.15) is 16.3 Å². The highest BCUT2D eigenvalue weighted by atomic mass is 79.9. The summed E-state index contributed by atoms with van der Waals surface area (Å²) in [6.45, 7) is 1.83. The second-order valence-electron chi connectivity index (χ2n) is 4.99. The van der Waals surface area contributed by atoms with Crippen molar-refractivity contribution >= 4 is 33.1 Å². The molecule has 0 fully saturated rings. The molecule has 0 aliphatic heterocycles. The number of hydrogen-bond donors (Lipinski definition) is 1. The largest absolute Gasteiger partial charge is 0.383 e. The number of aryl methyl sites for hydroxylation is 1. The molecule has 2 aromatic heterocycles. The number of rotatable bonds is 1. The minimum atomic E-state index is 0.492. The Morgan fingerprint density at radius 1 is 1.24 bits per heavy atom. The van der Waals surface area contributed by atoms with Gasteiger partial charge in [-0.25, -0.2) is 15.0 Å². The van der Waals surface area contributed by atoms with Gasteiger partial charge in [-0.3, -0.25) is 0 Å². The van der Waals surface area contributed by atoms with Crippen LogP contribution in [0, 0.1) is 6.92 Å². The lowest BCUT2D eigenvalue weighted by Gasteiger charge is -2.02. The number of benzene rings is 1. The molecule has 0 spiro atoms. The lowest BCUT2D eigenvalue weighted by molar-refractivity contribution is 1.06. The van der Waals surface area contributed by atoms with E-state index >= 15 is 0 Å². The summed E-state index contributed by atoms with van der Waals surface area (Å²) in [5.74, 6) is 1.17. The van der Waals surface area contributed by atoms with E-state index in [0.29, 0.717) is 11.6 Å². The van der Waals surface area contributed by atoms with Crippen molar-refractivity contribution in [1.29, 1.82) is 0 Å². The van der Waals surface area contributed by atoms with Crippen LogP contribution >= 0.6 is 27.3 Å². The third-order valence-corrected chi connectivity index (χ3v) is 5.12. The van der Waals surface area contributed by atoms with Crippen LogP contribution in [-0.4, -0.2) is 15.0 Å². The molecule has 0 saturated heterocycles. The van der Waals surface area contributed by atoms with Crippen molar-refractivity contribution < 1.29 is 0 Å². The van der Waals surface area contributed by atoms with Crippen molar-refractivity contribution in [3.8, 4) is 21.8 Å². The number of anilines is 1. The fourth-order valence-electron chi connectivity index (χ4n) is 2.56. The summed E-state index contributed by atoms with van der Waals surface area (Å²) in [6.07, 6.45) is 2.68. The molecule has 21 heavy (non-hydrogen) atoms. The first-order chi connectivity index (χ1) is 10.1. The maximum absolute atomic E-state index is 6.00. The Hall–Kier alpha value is -1.79. The Bertz CT molecular complexity index is 872. The molecule has 1 aliphatic carbocycles. The van der Waals surface area contributed by atoms with Crippen LogP contribution in [0.2, 0.25) is 0 Å². The first-order valence-electron chi connectivity index (χ1n) is 6.50. The summed E-state index contributed by atoms with van der Waals surface area (Å²) >= 11 is 5.19. The predicted octanol–water partition coefficient (Wildman–Crippen LogP) is 3.82. The molecule has 1 aliphatic rings. The average Bonchev–Trinajstić information content (AvgIpc) is 2.95. The van der Waals surface area contributed by atoms with Crippen LogP contribution in [0.25, 0.3) is 21.8 Å². The number of thiazole rings is 1. The molecule has 0 unspecified atom stereocenters.